The molecule has 0 radical (unpaired) electrons. The third kappa shape index (κ3) is 9.96. The molecule has 0 aliphatic carbocycles. The van der Waals surface area contributed by atoms with Gasteiger partial charge in [0.05, 0.1) is 0 Å². The van der Waals surface area contributed by atoms with Gasteiger partial charge in [0, 0.05) is 21.4 Å². The van der Waals surface area contributed by atoms with E-state index in [1.165, 1.54) is 0 Å². The van der Waals surface area contributed by atoms with Crippen molar-refractivity contribution in [2.24, 2.45) is 25.6 Å². The summed E-state index contributed by atoms with van der Waals surface area (Å²) >= 11 is 46.3. The lowest BCUT2D eigenvalue weighted by molar-refractivity contribution is 0.687. The Bertz CT molecular complexity index is 903. The molecule has 0 spiro atoms. The molecule has 0 bridgehead atoms. The van der Waals surface area contributed by atoms with Gasteiger partial charge in [0.1, 0.15) is 0 Å². The van der Waals surface area contributed by atoms with E-state index in [4.69, 9.17) is 111 Å². The smallest absolute Gasteiger partial charge is 0.209 e. The van der Waals surface area contributed by atoms with Gasteiger partial charge in [-0.1, -0.05) is 0 Å². The van der Waals surface area contributed by atoms with Crippen LogP contribution in [0, 0.1) is 0 Å². The number of hydrogen-bond acceptors (Lipinski definition) is 6. The highest BCUT2D eigenvalue weighted by molar-refractivity contribution is 8.30. The molecule has 8 nitrogen and oxygen atoms in total. The van der Waals surface area contributed by atoms with Crippen molar-refractivity contribution >= 4 is 153 Å². The predicted octanol–water partition coefficient (Wildman–Crippen LogP) is 10.8. The molecule has 144 valence electrons. The van der Waals surface area contributed by atoms with Crippen LogP contribution in [0.5, 0.6) is 0 Å². The van der Waals surface area contributed by atoms with Crippen molar-refractivity contribution in [1.29, 1.82) is 0 Å². The summed E-state index contributed by atoms with van der Waals surface area (Å²) in [6.07, 6.45) is 0. The average Bonchev–Trinajstić information content (AvgIpc) is 1.98. The Labute approximate surface area is 185 Å². The van der Waals surface area contributed by atoms with E-state index in [9.17, 15) is 8.42 Å². The van der Waals surface area contributed by atoms with E-state index in [0.29, 0.717) is 0 Å². The maximum absolute atomic E-state index is 12.2. The predicted molar refractivity (Wildman–Crippen MR) is 117 cm³/mol. The van der Waals surface area contributed by atoms with Crippen LogP contribution < -0.4 is 0 Å². The van der Waals surface area contributed by atoms with E-state index < -0.39 is 41.9 Å². The van der Waals surface area contributed by atoms with Crippen LogP contribution >= 0.6 is 135 Å². The normalized spacial score (nSPS) is 37.4. The van der Waals surface area contributed by atoms with Crippen LogP contribution in [0.1, 0.15) is 0 Å². The molecule has 1 rings (SSSR count). The first-order valence-corrected chi connectivity index (χ1v) is 22.9. The molecule has 24 heteroatoms. The number of hydrogen-bond donors (Lipinski definition) is 0. The molecule has 2 unspecified atom stereocenters. The van der Waals surface area contributed by atoms with Crippen molar-refractivity contribution in [2.75, 3.05) is 0 Å². The molecule has 1 heterocycles. The summed E-state index contributed by atoms with van der Waals surface area (Å²) < 4.78 is 44.6. The summed E-state index contributed by atoms with van der Waals surface area (Å²) in [6, 6.07) is 0. The lowest BCUT2D eigenvalue weighted by Gasteiger charge is -2.11. The summed E-state index contributed by atoms with van der Waals surface area (Å²) in [5.41, 5.74) is 0. The zero-order valence-corrected chi connectivity index (χ0v) is 22.7. The lowest BCUT2D eigenvalue weighted by Crippen LogP contribution is -1.81. The van der Waals surface area contributed by atoms with Gasteiger partial charge < -0.3 is 0 Å². The van der Waals surface area contributed by atoms with Gasteiger partial charge in [0.2, 0.25) is 18.3 Å². The summed E-state index contributed by atoms with van der Waals surface area (Å²) in [6.45, 7) is 0. The molecule has 0 N–H and O–H groups in total. The monoisotopic (exact) mass is 654 g/mol. The van der Waals surface area contributed by atoms with E-state index in [0.717, 1.165) is 0 Å². The van der Waals surface area contributed by atoms with Crippen molar-refractivity contribution in [3.05, 3.63) is 0 Å². The van der Waals surface area contributed by atoms with Crippen LogP contribution in [0.2, 0.25) is 0 Å². The fourth-order valence-corrected chi connectivity index (χ4v) is 30.4. The quantitative estimate of drug-likeness (QED) is 0.191. The first-order valence-electron chi connectivity index (χ1n) is 4.32. The van der Waals surface area contributed by atoms with Crippen LogP contribution in [0.4, 0.5) is 0 Å². The van der Waals surface area contributed by atoms with Crippen LogP contribution in [-0.4, -0.2) is 8.42 Å². The first-order chi connectivity index (χ1) is 10.2. The Morgan fingerprint density at radius 2 is 0.792 bits per heavy atom. The molecular weight excluding hydrogens is 659 g/mol. The molecule has 0 aromatic rings. The van der Waals surface area contributed by atoms with E-state index in [2.05, 4.69) is 25.6 Å². The molecule has 0 saturated carbocycles. The lowest BCUT2D eigenvalue weighted by atomic mass is 13.8. The Morgan fingerprint density at radius 3 is 1.04 bits per heavy atom. The van der Waals surface area contributed by atoms with E-state index >= 15 is 0 Å². The van der Waals surface area contributed by atoms with Crippen LogP contribution in [0.25, 0.3) is 0 Å². The minimum absolute atomic E-state index is 3.32. The van der Waals surface area contributed by atoms with Crippen LogP contribution in [0.3, 0.4) is 0 Å². The fourth-order valence-electron chi connectivity index (χ4n) is 0.842. The van der Waals surface area contributed by atoms with Gasteiger partial charge in [-0.25, -0.2) is 8.42 Å². The summed E-state index contributed by atoms with van der Waals surface area (Å²) in [5.74, 6) is -15.7. The number of halogens is 10. The standard InChI is InChI=1S/Cl10N6O2P4S2/c1-19(2)11-20(3,4)14-24(10,18)16-22(7,8)12-21(5,6)15-23(9,17)13-19. The Kier molecular flexibility index (Phi) is 9.07. The minimum Gasteiger partial charge on any atom is -0.209 e. The maximum Gasteiger partial charge on any atom is 0.265 e. The van der Waals surface area contributed by atoms with Crippen molar-refractivity contribution in [2.45, 2.75) is 0 Å². The van der Waals surface area contributed by atoms with Gasteiger partial charge in [0.25, 0.3) is 23.6 Å². The Morgan fingerprint density at radius 1 is 0.542 bits per heavy atom. The third-order valence-corrected chi connectivity index (χ3v) is 22.6. The molecule has 0 saturated heterocycles. The van der Waals surface area contributed by atoms with E-state index in [1.54, 1.807) is 0 Å². The molecule has 0 fully saturated rings. The zero-order valence-electron chi connectivity index (χ0n) is 9.88. The molecule has 1 aliphatic rings. The summed E-state index contributed by atoms with van der Waals surface area (Å²) in [7, 11) is 2.99. The number of nitrogens with zero attached hydrogens (tertiary/aromatic N) is 6. The summed E-state index contributed by atoms with van der Waals surface area (Å²) in [5, 5.41) is 0. The van der Waals surface area contributed by atoms with Gasteiger partial charge in [0.15, 0.2) is 0 Å². The highest BCUT2D eigenvalue weighted by atomic mass is 35.9. The second kappa shape index (κ2) is 8.46. The summed E-state index contributed by atoms with van der Waals surface area (Å²) in [4.78, 5) is 0. The van der Waals surface area contributed by atoms with Crippen molar-refractivity contribution < 1.29 is 8.42 Å². The molecule has 0 aromatic heterocycles. The SMILES string of the molecule is O=S1(Cl)=NP(Cl)(Cl)=NP(Cl)(Cl)=NS(=O)(Cl)=NP(Cl)(Cl)=NP(Cl)(Cl)=N1. The van der Waals surface area contributed by atoms with Gasteiger partial charge in [-0.05, 0) is 89.9 Å². The second-order valence-electron chi connectivity index (χ2n) is 3.19. The van der Waals surface area contributed by atoms with E-state index in [1.807, 2.05) is 0 Å². The van der Waals surface area contributed by atoms with Gasteiger partial charge in [-0.3, -0.25) is 0 Å². The topological polar surface area (TPSA) is 108 Å². The fraction of sp³-hybridized carbons (Fsp3) is 0. The third-order valence-electron chi connectivity index (χ3n) is 1.23. The Balaban J connectivity index is 4.15. The largest absolute Gasteiger partial charge is 0.265 e. The second-order valence-corrected chi connectivity index (χ2v) is 28.4. The van der Waals surface area contributed by atoms with Crippen LogP contribution in [0.15, 0.2) is 25.6 Å². The molecule has 0 aromatic carbocycles. The number of rotatable bonds is 0. The van der Waals surface area contributed by atoms with Gasteiger partial charge >= 0.3 is 0 Å². The first kappa shape index (κ1) is 25.8. The maximum atomic E-state index is 12.2. The van der Waals surface area contributed by atoms with E-state index in [-0.39, 0.29) is 0 Å². The van der Waals surface area contributed by atoms with Gasteiger partial charge in [-0.15, -0.1) is 16.6 Å². The van der Waals surface area contributed by atoms with Crippen molar-refractivity contribution in [1.82, 2.24) is 0 Å². The van der Waals surface area contributed by atoms with Gasteiger partial charge in [-0.2, -0.15) is 9.03 Å². The molecule has 0 amide bonds. The van der Waals surface area contributed by atoms with Crippen molar-refractivity contribution in [3.8, 4) is 0 Å². The molecule has 24 heavy (non-hydrogen) atoms. The van der Waals surface area contributed by atoms with Crippen molar-refractivity contribution in [3.63, 3.8) is 0 Å². The van der Waals surface area contributed by atoms with Crippen LogP contribution in [-0.2, 0) is 18.3 Å². The Hall–Kier alpha value is 3.72. The average molecular weight is 659 g/mol. The highest BCUT2D eigenvalue weighted by Crippen LogP contribution is 2.79. The molecular formula is Cl10N6O2P4S2. The minimum atomic E-state index is -4.09. The molecule has 1 aliphatic heterocycles. The highest BCUT2D eigenvalue weighted by Gasteiger charge is 2.29. The zero-order chi connectivity index (χ0) is 19.2. The molecule has 2 atom stereocenters.